The Kier molecular flexibility index (Phi) is 2.83. The summed E-state index contributed by atoms with van der Waals surface area (Å²) in [4.78, 5) is 0. The minimum Gasteiger partial charge on any atom is -0.324 e. The van der Waals surface area contributed by atoms with Gasteiger partial charge in [-0.1, -0.05) is 27.7 Å². The van der Waals surface area contributed by atoms with Crippen molar-refractivity contribution >= 4 is 12.6 Å². The lowest BCUT2D eigenvalue weighted by Crippen LogP contribution is -2.54. The van der Waals surface area contributed by atoms with Gasteiger partial charge in [-0.25, -0.2) is 0 Å². The van der Waals surface area contributed by atoms with Crippen LogP contribution >= 0.6 is 12.6 Å². The van der Waals surface area contributed by atoms with Crippen LogP contribution in [0.15, 0.2) is 0 Å². The van der Waals surface area contributed by atoms with Gasteiger partial charge < -0.3 is 5.73 Å². The van der Waals surface area contributed by atoms with Crippen LogP contribution in [0.1, 0.15) is 34.6 Å². The van der Waals surface area contributed by atoms with Crippen LogP contribution in [-0.4, -0.2) is 10.8 Å². The van der Waals surface area contributed by atoms with Crippen LogP contribution in [0, 0.1) is 5.41 Å². The van der Waals surface area contributed by atoms with Gasteiger partial charge in [0.25, 0.3) is 0 Å². The van der Waals surface area contributed by atoms with Crippen molar-refractivity contribution in [1.29, 1.82) is 0 Å². The molecule has 0 aromatic carbocycles. The minimum absolute atomic E-state index is 0.119. The summed E-state index contributed by atoms with van der Waals surface area (Å²) in [6, 6.07) is 0. The molecule has 2 N–H and O–H groups in total. The monoisotopic (exact) mass is 161 g/mol. The first-order valence-corrected chi connectivity index (χ1v) is 4.18. The third-order valence-electron chi connectivity index (χ3n) is 2.48. The number of hydrogen-bond donors (Lipinski definition) is 2. The van der Waals surface area contributed by atoms with Crippen molar-refractivity contribution in [1.82, 2.24) is 0 Å². The molecule has 62 valence electrons. The maximum Gasteiger partial charge on any atom is 0.0289 e. The predicted molar refractivity (Wildman–Crippen MR) is 50.5 cm³/mol. The summed E-state index contributed by atoms with van der Waals surface area (Å²) in [5.74, 6) is 0. The average molecular weight is 161 g/mol. The standard InChI is InChI=1S/C8H19NS/c1-6(10)8(5,9)7(2,3)4/h6,10H,9H2,1-5H3. The van der Waals surface area contributed by atoms with Gasteiger partial charge in [0.2, 0.25) is 0 Å². The molecule has 0 aromatic heterocycles. The van der Waals surface area contributed by atoms with Crippen molar-refractivity contribution in [3.8, 4) is 0 Å². The van der Waals surface area contributed by atoms with Crippen LogP contribution < -0.4 is 5.73 Å². The number of hydrogen-bond acceptors (Lipinski definition) is 2. The molecular formula is C8H19NS. The Balaban J connectivity index is 4.40. The molecule has 2 unspecified atom stereocenters. The summed E-state index contributed by atoms with van der Waals surface area (Å²) in [7, 11) is 0. The fourth-order valence-electron chi connectivity index (χ4n) is 0.627. The molecule has 0 aliphatic rings. The molecule has 0 amide bonds. The summed E-state index contributed by atoms with van der Waals surface area (Å²) in [5, 5.41) is 0.229. The normalized spacial score (nSPS) is 21.9. The van der Waals surface area contributed by atoms with E-state index in [9.17, 15) is 0 Å². The zero-order valence-electron chi connectivity index (χ0n) is 7.60. The first kappa shape index (κ1) is 10.3. The zero-order valence-corrected chi connectivity index (χ0v) is 8.50. The smallest absolute Gasteiger partial charge is 0.0289 e. The summed E-state index contributed by atoms with van der Waals surface area (Å²) in [6.45, 7) is 10.5. The molecule has 0 rings (SSSR count). The fraction of sp³-hybridized carbons (Fsp3) is 1.00. The van der Waals surface area contributed by atoms with Crippen molar-refractivity contribution in [2.75, 3.05) is 0 Å². The second-order valence-electron chi connectivity index (χ2n) is 4.21. The van der Waals surface area contributed by atoms with Crippen molar-refractivity contribution < 1.29 is 0 Å². The Bertz CT molecular complexity index is 111. The van der Waals surface area contributed by atoms with E-state index in [-0.39, 0.29) is 16.2 Å². The van der Waals surface area contributed by atoms with E-state index in [1.807, 2.05) is 13.8 Å². The van der Waals surface area contributed by atoms with Gasteiger partial charge in [0.05, 0.1) is 0 Å². The third-order valence-corrected chi connectivity index (χ3v) is 3.02. The maximum atomic E-state index is 6.06. The van der Waals surface area contributed by atoms with Crippen molar-refractivity contribution in [2.45, 2.75) is 45.4 Å². The highest BCUT2D eigenvalue weighted by Gasteiger charge is 2.36. The van der Waals surface area contributed by atoms with Crippen molar-refractivity contribution in [2.24, 2.45) is 11.1 Å². The first-order valence-electron chi connectivity index (χ1n) is 3.66. The Morgan fingerprint density at radius 1 is 1.20 bits per heavy atom. The largest absolute Gasteiger partial charge is 0.324 e. The number of thiol groups is 1. The van der Waals surface area contributed by atoms with Gasteiger partial charge in [0.1, 0.15) is 0 Å². The van der Waals surface area contributed by atoms with Gasteiger partial charge >= 0.3 is 0 Å². The maximum absolute atomic E-state index is 6.06. The molecule has 2 atom stereocenters. The highest BCUT2D eigenvalue weighted by molar-refractivity contribution is 7.81. The molecule has 0 radical (unpaired) electrons. The van der Waals surface area contributed by atoms with Crippen LogP contribution in [-0.2, 0) is 0 Å². The van der Waals surface area contributed by atoms with Crippen LogP contribution in [0.4, 0.5) is 0 Å². The van der Waals surface area contributed by atoms with Crippen LogP contribution in [0.5, 0.6) is 0 Å². The fourth-order valence-corrected chi connectivity index (χ4v) is 1.01. The highest BCUT2D eigenvalue weighted by Crippen LogP contribution is 2.32. The summed E-state index contributed by atoms with van der Waals surface area (Å²) >= 11 is 4.35. The average Bonchev–Trinajstić information content (AvgIpc) is 1.62. The molecule has 0 fully saturated rings. The van der Waals surface area contributed by atoms with E-state index in [1.165, 1.54) is 0 Å². The van der Waals surface area contributed by atoms with Crippen LogP contribution in [0.3, 0.4) is 0 Å². The molecule has 1 nitrogen and oxygen atoms in total. The Morgan fingerprint density at radius 2 is 1.50 bits per heavy atom. The molecule has 0 aliphatic heterocycles. The molecule has 0 spiro atoms. The van der Waals surface area contributed by atoms with Gasteiger partial charge in [-0.15, -0.1) is 0 Å². The quantitative estimate of drug-likeness (QED) is 0.566. The second kappa shape index (κ2) is 2.74. The highest BCUT2D eigenvalue weighted by atomic mass is 32.1. The molecule has 0 saturated heterocycles. The number of rotatable bonds is 1. The predicted octanol–water partition coefficient (Wildman–Crippen LogP) is 2.07. The molecule has 0 bridgehead atoms. The lowest BCUT2D eigenvalue weighted by molar-refractivity contribution is 0.209. The summed E-state index contributed by atoms with van der Waals surface area (Å²) < 4.78 is 0. The SMILES string of the molecule is CC(S)C(C)(N)C(C)(C)C. The van der Waals surface area contributed by atoms with E-state index in [0.29, 0.717) is 0 Å². The summed E-state index contributed by atoms with van der Waals surface area (Å²) in [6.07, 6.45) is 0. The van der Waals surface area contributed by atoms with E-state index >= 15 is 0 Å². The molecular weight excluding hydrogens is 142 g/mol. The van der Waals surface area contributed by atoms with Crippen LogP contribution in [0.2, 0.25) is 0 Å². The molecule has 0 heterocycles. The topological polar surface area (TPSA) is 26.0 Å². The summed E-state index contributed by atoms with van der Waals surface area (Å²) in [5.41, 5.74) is 5.98. The molecule has 10 heavy (non-hydrogen) atoms. The van der Waals surface area contributed by atoms with E-state index in [1.54, 1.807) is 0 Å². The lowest BCUT2D eigenvalue weighted by Gasteiger charge is -2.41. The van der Waals surface area contributed by atoms with E-state index in [0.717, 1.165) is 0 Å². The Morgan fingerprint density at radius 3 is 1.50 bits per heavy atom. The lowest BCUT2D eigenvalue weighted by atomic mass is 9.74. The van der Waals surface area contributed by atoms with Gasteiger partial charge in [-0.2, -0.15) is 12.6 Å². The molecule has 0 aliphatic carbocycles. The molecule has 0 saturated carbocycles. The van der Waals surface area contributed by atoms with Gasteiger partial charge in [-0.05, 0) is 12.3 Å². The van der Waals surface area contributed by atoms with E-state index < -0.39 is 0 Å². The number of nitrogens with two attached hydrogens (primary N) is 1. The second-order valence-corrected chi connectivity index (χ2v) is 4.98. The van der Waals surface area contributed by atoms with E-state index in [4.69, 9.17) is 5.73 Å². The Labute approximate surface area is 69.8 Å². The van der Waals surface area contributed by atoms with Gasteiger partial charge in [0.15, 0.2) is 0 Å². The van der Waals surface area contributed by atoms with Crippen molar-refractivity contribution in [3.63, 3.8) is 0 Å². The van der Waals surface area contributed by atoms with E-state index in [2.05, 4.69) is 33.4 Å². The van der Waals surface area contributed by atoms with Crippen molar-refractivity contribution in [3.05, 3.63) is 0 Å². The van der Waals surface area contributed by atoms with Gasteiger partial charge in [-0.3, -0.25) is 0 Å². The Hall–Kier alpha value is 0.310. The third kappa shape index (κ3) is 1.89. The van der Waals surface area contributed by atoms with Crippen LogP contribution in [0.25, 0.3) is 0 Å². The van der Waals surface area contributed by atoms with Gasteiger partial charge in [0, 0.05) is 10.8 Å². The molecule has 0 aromatic rings. The minimum atomic E-state index is -0.198. The zero-order chi connectivity index (χ0) is 8.58. The first-order chi connectivity index (χ1) is 4.19. The molecule has 2 heteroatoms.